The highest BCUT2D eigenvalue weighted by atomic mass is 35.5. The molecule has 8 rings (SSSR count). The molecular formula is C55H57Cl2N11O22S6. The number of nitrogens with one attached hydrogen (secondary N) is 1. The zero-order chi connectivity index (χ0) is 71.3. The number of hydrogen-bond donors (Lipinski definition) is 12. The van der Waals surface area contributed by atoms with Gasteiger partial charge in [-0.05, 0) is 76.3 Å². The highest BCUT2D eigenvalue weighted by molar-refractivity contribution is 8.20. The minimum absolute atomic E-state index is 0.0227. The van der Waals surface area contributed by atoms with Crippen LogP contribution in [-0.4, -0.2) is 203 Å². The standard InChI is InChI=1S/C28H30ClN7O11S3.C27H27ClN4O11S3/c1-27(2,23(42)43)47-35-19(13-9-48-26(31)32-13)16(39)8-12-21(41)36-10-28(24(44)45,50-22(12)36)49-7-3-4-14(37)18(33-34-25(30)46)11-5-6-15(38)20(40)17(11)29;1-26(2,23(39)40)43-31-18(13-9-44-25(29)30-13)16(35)8-12-21(38)32-10-27(24(41)42,46-22(12)32)45-7-3-4-14(33)19(36)11-5-6-15(34)20(37)17(11)28/h5-6,9,12,22,38,40H,3-4,7-8,10H2,1-2H3,(H2,31,32)(H,42,43)(H,44,45)(H3,30,34,46);5-6,9,12,22,34,37H,3-4,7-8,10H2,1-2H3,(H2,29,30)(H,39,40)(H,41,42)/b33-18-,35-19-;31-18-/t12-,22-,28-;12-,22-,27-/m11/s1. The molecule has 0 radical (unpaired) electrons. The van der Waals surface area contributed by atoms with E-state index in [1.807, 2.05) is 5.43 Å². The third kappa shape index (κ3) is 16.5. The van der Waals surface area contributed by atoms with Crippen LogP contribution in [0.1, 0.15) is 93.5 Å². The van der Waals surface area contributed by atoms with E-state index in [0.29, 0.717) is 0 Å². The van der Waals surface area contributed by atoms with Crippen molar-refractivity contribution in [3.05, 3.63) is 67.6 Å². The molecule has 2 aromatic carbocycles. The van der Waals surface area contributed by atoms with Gasteiger partial charge in [-0.1, -0.05) is 33.5 Å². The molecule has 33 nitrogen and oxygen atoms in total. The average Bonchev–Trinajstić information content (AvgIpc) is 1.58. The molecule has 0 bridgehead atoms. The van der Waals surface area contributed by atoms with Gasteiger partial charge in [0.15, 0.2) is 70.2 Å². The Kier molecular flexibility index (Phi) is 23.6. The Morgan fingerprint density at radius 3 is 1.41 bits per heavy atom. The molecule has 4 aliphatic heterocycles. The van der Waals surface area contributed by atoms with E-state index in [0.717, 1.165) is 87.9 Å². The van der Waals surface area contributed by atoms with E-state index in [4.69, 9.17) is 50.1 Å². The molecular weight excluding hydrogens is 1430 g/mol. The van der Waals surface area contributed by atoms with Gasteiger partial charge >= 0.3 is 29.9 Å². The number of β-lactam (4-membered cyclic amide) rings is 2. The largest absolute Gasteiger partial charge is 0.504 e. The number of carbonyl (C=O) groups is 12. The second-order valence-electron chi connectivity index (χ2n) is 22.0. The van der Waals surface area contributed by atoms with Crippen molar-refractivity contribution in [3.8, 4) is 23.0 Å². The Labute approximate surface area is 576 Å². The fourth-order valence-electron chi connectivity index (χ4n) is 9.06. The first-order valence-corrected chi connectivity index (χ1v) is 34.0. The molecule has 4 fully saturated rings. The molecule has 4 saturated heterocycles. The molecule has 96 heavy (non-hydrogen) atoms. The first-order valence-electron chi connectivity index (χ1n) is 27.7. The molecule has 0 unspecified atom stereocenters. The summed E-state index contributed by atoms with van der Waals surface area (Å²) in [7, 11) is 0. The molecule has 41 heteroatoms. The van der Waals surface area contributed by atoms with E-state index in [-0.39, 0.29) is 107 Å². The van der Waals surface area contributed by atoms with E-state index in [9.17, 15) is 98.4 Å². The van der Waals surface area contributed by atoms with Gasteiger partial charge in [0.2, 0.25) is 34.6 Å². The summed E-state index contributed by atoms with van der Waals surface area (Å²) in [5, 5.41) is 90.0. The number of primary amides is 1. The van der Waals surface area contributed by atoms with Crippen LogP contribution in [0.2, 0.25) is 10.0 Å². The number of rotatable bonds is 31. The second kappa shape index (κ2) is 30.3. The lowest BCUT2D eigenvalue weighted by molar-refractivity contribution is -0.161. The fourth-order valence-corrected chi connectivity index (χ4v) is 17.0. The third-order valence-electron chi connectivity index (χ3n) is 14.4. The van der Waals surface area contributed by atoms with Crippen molar-refractivity contribution in [1.29, 1.82) is 0 Å². The van der Waals surface area contributed by atoms with Gasteiger partial charge in [0.1, 0.15) is 17.1 Å². The number of halogens is 2. The Hall–Kier alpha value is -8.47. The number of thioether (sulfide) groups is 4. The number of ketones is 5. The monoisotopic (exact) mass is 1490 g/mol. The number of aromatic nitrogens is 2. The van der Waals surface area contributed by atoms with Crippen molar-refractivity contribution < 1.29 is 108 Å². The van der Waals surface area contributed by atoms with Crippen molar-refractivity contribution in [3.63, 3.8) is 0 Å². The predicted octanol–water partition coefficient (Wildman–Crippen LogP) is 4.41. The van der Waals surface area contributed by atoms with E-state index < -0.39 is 152 Å². The van der Waals surface area contributed by atoms with Crippen LogP contribution in [0.4, 0.5) is 15.1 Å². The van der Waals surface area contributed by atoms with Crippen molar-refractivity contribution in [2.45, 2.75) is 96.3 Å². The number of urea groups is 1. The smallest absolute Gasteiger partial charge is 0.350 e. The van der Waals surface area contributed by atoms with E-state index in [1.54, 1.807) is 0 Å². The van der Waals surface area contributed by atoms with Crippen molar-refractivity contribution in [1.82, 2.24) is 25.2 Å². The number of amides is 4. The van der Waals surface area contributed by atoms with E-state index in [2.05, 4.69) is 25.4 Å². The van der Waals surface area contributed by atoms with Crippen LogP contribution in [0, 0.1) is 11.8 Å². The number of nitrogen functional groups attached to an aromatic ring is 2. The van der Waals surface area contributed by atoms with Gasteiger partial charge < -0.3 is 77.5 Å². The minimum Gasteiger partial charge on any atom is -0.504 e. The number of carboxylic acid groups (broad SMARTS) is 4. The maximum Gasteiger partial charge on any atom is 0.350 e. The second-order valence-corrected chi connectivity index (χ2v) is 30.6. The van der Waals surface area contributed by atoms with E-state index >= 15 is 0 Å². The summed E-state index contributed by atoms with van der Waals surface area (Å²) < 4.78 is -3.04. The van der Waals surface area contributed by atoms with Gasteiger partial charge in [0, 0.05) is 47.6 Å². The summed E-state index contributed by atoms with van der Waals surface area (Å²) in [6.45, 7) is 4.56. The lowest BCUT2D eigenvalue weighted by Crippen LogP contribution is -2.57. The normalized spacial score (nSPS) is 20.8. The highest BCUT2D eigenvalue weighted by Gasteiger charge is 2.64. The van der Waals surface area contributed by atoms with Crippen LogP contribution in [-0.2, 0) is 57.6 Å². The van der Waals surface area contributed by atoms with Crippen molar-refractivity contribution in [2.75, 3.05) is 36.1 Å². The summed E-state index contributed by atoms with van der Waals surface area (Å²) in [6.07, 6.45) is -1.02. The number of phenolic OH excluding ortho intramolecular Hbond substituents is 4. The zero-order valence-corrected chi connectivity index (χ0v) is 56.6. The summed E-state index contributed by atoms with van der Waals surface area (Å²) in [5.41, 5.74) is 13.4. The lowest BCUT2D eigenvalue weighted by atomic mass is 9.90. The van der Waals surface area contributed by atoms with Gasteiger partial charge in [0.05, 0.1) is 45.7 Å². The summed E-state index contributed by atoms with van der Waals surface area (Å²) in [6, 6.07) is 3.31. The number of fused-ring (bicyclic) bond motifs is 2. The number of hydrazone groups is 1. The van der Waals surface area contributed by atoms with Crippen molar-refractivity contribution in [2.24, 2.45) is 33.0 Å². The topological polar surface area (TPSA) is 545 Å². The highest BCUT2D eigenvalue weighted by Crippen LogP contribution is 2.57. The number of anilines is 2. The lowest BCUT2D eigenvalue weighted by Gasteiger charge is -2.41. The maximum absolute atomic E-state index is 13.4. The number of carbonyl (C=O) groups excluding carboxylic acids is 8. The first-order chi connectivity index (χ1) is 44.9. The molecule has 4 aromatic rings. The van der Waals surface area contributed by atoms with Gasteiger partial charge in [-0.3, -0.25) is 33.6 Å². The van der Waals surface area contributed by atoms with Gasteiger partial charge in [-0.15, -0.1) is 69.7 Å². The van der Waals surface area contributed by atoms with Crippen LogP contribution >= 0.6 is 92.9 Å². The van der Waals surface area contributed by atoms with Crippen molar-refractivity contribution >= 4 is 191 Å². The molecule has 0 saturated carbocycles. The molecule has 4 aliphatic rings. The van der Waals surface area contributed by atoms with Crippen LogP contribution in [0.5, 0.6) is 23.0 Å². The number of carboxylic acids is 4. The third-order valence-corrected chi connectivity index (χ3v) is 23.4. The number of aliphatic carboxylic acids is 4. The number of thiazole rings is 2. The maximum atomic E-state index is 13.4. The number of nitrogens with two attached hydrogens (primary N) is 3. The number of phenols is 4. The Balaban J connectivity index is 0.000000272. The van der Waals surface area contributed by atoms with E-state index in [1.165, 1.54) is 54.3 Å². The van der Waals surface area contributed by atoms with Crippen LogP contribution < -0.4 is 22.6 Å². The average molecular weight is 1490 g/mol. The van der Waals surface area contributed by atoms with Gasteiger partial charge in [-0.25, -0.2) is 39.4 Å². The first kappa shape index (κ1) is 74.9. The Morgan fingerprint density at radius 1 is 0.635 bits per heavy atom. The van der Waals surface area contributed by atoms with Gasteiger partial charge in [-0.2, -0.15) is 5.10 Å². The number of oxime groups is 2. The molecule has 15 N–H and O–H groups in total. The zero-order valence-electron chi connectivity index (χ0n) is 50.2. The van der Waals surface area contributed by atoms with Crippen LogP contribution in [0.25, 0.3) is 0 Å². The number of hydrogen-bond acceptors (Lipinski definition) is 31. The van der Waals surface area contributed by atoms with Crippen LogP contribution in [0.3, 0.4) is 0 Å². The minimum atomic E-state index is -1.79. The molecule has 0 aliphatic carbocycles. The Bertz CT molecular complexity index is 3980. The molecule has 514 valence electrons. The molecule has 6 atom stereocenters. The number of benzene rings is 2. The summed E-state index contributed by atoms with van der Waals surface area (Å²) >= 11 is 17.9. The summed E-state index contributed by atoms with van der Waals surface area (Å²) in [4.78, 5) is 171. The molecule has 4 amide bonds. The SMILES string of the molecule is CC(C)(O/N=C(\C(=O)C[C@@H]1C(=O)N2C[C@](SCCCC(=O)/C(=N\NC(N)=O)c3ccc(O)c(O)c3Cl)(C(=O)O)S[C@H]12)c1csc(N)n1)C(=O)O.CC(C)(O/N=C(\C(=O)C[C@@H]1C(=O)N2C[C@](SCCCC(=O)C(=O)c3ccc(O)c(O)c3Cl)(C(=O)O)S[C@H]12)c1csc(N)n1)C(=O)O. The quantitative estimate of drug-likeness (QED) is 0.00631. The molecule has 2 aromatic heterocycles. The predicted molar refractivity (Wildman–Crippen MR) is 351 cm³/mol. The Morgan fingerprint density at radius 2 is 1.03 bits per heavy atom. The number of aromatic hydroxyl groups is 4. The van der Waals surface area contributed by atoms with Crippen LogP contribution in [0.15, 0.2) is 50.4 Å². The fraction of sp³-hybridized carbons (Fsp3) is 0.400. The number of nitrogens with zero attached hydrogens (tertiary/aromatic N) is 7. The van der Waals surface area contributed by atoms with Gasteiger partial charge in [0.25, 0.3) is 0 Å². The molecule has 0 spiro atoms. The number of Topliss-reactive ketones (excluding diaryl/α,β-unsaturated/α-hetero) is 5. The molecule has 6 heterocycles. The summed E-state index contributed by atoms with van der Waals surface area (Å²) in [5.74, 6) is -14.0.